The fourth-order valence-electron chi connectivity index (χ4n) is 1.58. The van der Waals surface area contributed by atoms with Crippen LogP contribution in [0.15, 0.2) is 23.1 Å². The standard InChI is InChI=1S/C14H22FNOS/c1-10(2)16-9-12-13(15)5-4-6-14(12)18-11(3)7-8-17/h4-6,10-11,16-17H,7-9H2,1-3H3. The highest BCUT2D eigenvalue weighted by molar-refractivity contribution is 8.00. The summed E-state index contributed by atoms with van der Waals surface area (Å²) in [6, 6.07) is 5.51. The molecular weight excluding hydrogens is 249 g/mol. The molecule has 1 unspecified atom stereocenters. The molecule has 0 bridgehead atoms. The van der Waals surface area contributed by atoms with Gasteiger partial charge < -0.3 is 10.4 Å². The first kappa shape index (κ1) is 15.5. The van der Waals surface area contributed by atoms with Crippen molar-refractivity contribution in [3.8, 4) is 0 Å². The van der Waals surface area contributed by atoms with E-state index in [1.165, 1.54) is 6.07 Å². The van der Waals surface area contributed by atoms with E-state index in [2.05, 4.69) is 5.32 Å². The van der Waals surface area contributed by atoms with E-state index in [9.17, 15) is 4.39 Å². The molecule has 1 aromatic carbocycles. The topological polar surface area (TPSA) is 32.3 Å². The second kappa shape index (κ2) is 7.77. The second-order valence-electron chi connectivity index (χ2n) is 4.69. The Balaban J connectivity index is 2.79. The molecule has 1 atom stereocenters. The average molecular weight is 271 g/mol. The van der Waals surface area contributed by atoms with E-state index >= 15 is 0 Å². The van der Waals surface area contributed by atoms with Gasteiger partial charge in [-0.2, -0.15) is 0 Å². The molecule has 0 spiro atoms. The lowest BCUT2D eigenvalue weighted by molar-refractivity contribution is 0.289. The zero-order chi connectivity index (χ0) is 13.5. The van der Waals surface area contributed by atoms with Crippen molar-refractivity contribution in [2.45, 2.75) is 49.9 Å². The molecule has 102 valence electrons. The lowest BCUT2D eigenvalue weighted by atomic mass is 10.2. The summed E-state index contributed by atoms with van der Waals surface area (Å²) >= 11 is 1.62. The monoisotopic (exact) mass is 271 g/mol. The van der Waals surface area contributed by atoms with Crippen LogP contribution in [-0.4, -0.2) is 23.0 Å². The molecule has 0 aliphatic rings. The van der Waals surface area contributed by atoms with Crippen molar-refractivity contribution < 1.29 is 9.50 Å². The first-order valence-corrected chi connectivity index (χ1v) is 7.20. The highest BCUT2D eigenvalue weighted by atomic mass is 32.2. The Morgan fingerprint density at radius 1 is 1.33 bits per heavy atom. The Labute approximate surface area is 113 Å². The van der Waals surface area contributed by atoms with E-state index in [0.29, 0.717) is 12.6 Å². The van der Waals surface area contributed by atoms with Crippen molar-refractivity contribution in [2.24, 2.45) is 0 Å². The van der Waals surface area contributed by atoms with Crippen LogP contribution in [0.1, 0.15) is 32.8 Å². The molecule has 0 fully saturated rings. The van der Waals surface area contributed by atoms with Crippen LogP contribution in [-0.2, 0) is 6.54 Å². The van der Waals surface area contributed by atoms with E-state index < -0.39 is 0 Å². The summed E-state index contributed by atoms with van der Waals surface area (Å²) in [5, 5.41) is 12.4. The van der Waals surface area contributed by atoms with Crippen LogP contribution in [0.4, 0.5) is 4.39 Å². The zero-order valence-electron chi connectivity index (χ0n) is 11.2. The maximum atomic E-state index is 13.8. The van der Waals surface area contributed by atoms with Crippen molar-refractivity contribution in [1.82, 2.24) is 5.32 Å². The second-order valence-corrected chi connectivity index (χ2v) is 6.17. The molecule has 2 nitrogen and oxygen atoms in total. The Kier molecular flexibility index (Phi) is 6.68. The molecule has 0 saturated carbocycles. The van der Waals surface area contributed by atoms with Crippen LogP contribution in [0.2, 0.25) is 0 Å². The number of hydrogen-bond acceptors (Lipinski definition) is 3. The van der Waals surface area contributed by atoms with Gasteiger partial charge in [0.1, 0.15) is 5.82 Å². The predicted octanol–water partition coefficient (Wildman–Crippen LogP) is 3.19. The molecule has 2 N–H and O–H groups in total. The van der Waals surface area contributed by atoms with E-state index in [0.717, 1.165) is 16.9 Å². The van der Waals surface area contributed by atoms with Gasteiger partial charge in [-0.15, -0.1) is 11.8 Å². The van der Waals surface area contributed by atoms with Gasteiger partial charge in [0.05, 0.1) is 0 Å². The fraction of sp³-hybridized carbons (Fsp3) is 0.571. The first-order chi connectivity index (χ1) is 8.54. The molecule has 18 heavy (non-hydrogen) atoms. The quantitative estimate of drug-likeness (QED) is 0.747. The van der Waals surface area contributed by atoms with Crippen LogP contribution >= 0.6 is 11.8 Å². The van der Waals surface area contributed by atoms with Gasteiger partial charge in [0.2, 0.25) is 0 Å². The third-order valence-corrected chi connectivity index (χ3v) is 3.90. The predicted molar refractivity (Wildman–Crippen MR) is 75.4 cm³/mol. The highest BCUT2D eigenvalue weighted by Crippen LogP contribution is 2.29. The zero-order valence-corrected chi connectivity index (χ0v) is 12.1. The molecule has 0 aliphatic carbocycles. The summed E-state index contributed by atoms with van der Waals surface area (Å²) in [7, 11) is 0. The maximum absolute atomic E-state index is 13.8. The number of halogens is 1. The molecule has 0 amide bonds. The average Bonchev–Trinajstić information content (AvgIpc) is 2.28. The van der Waals surface area contributed by atoms with E-state index in [1.54, 1.807) is 17.8 Å². The van der Waals surface area contributed by atoms with Crippen LogP contribution in [0.3, 0.4) is 0 Å². The molecule has 0 aliphatic heterocycles. The molecule has 1 aromatic rings. The van der Waals surface area contributed by atoms with Crippen molar-refractivity contribution in [1.29, 1.82) is 0 Å². The minimum absolute atomic E-state index is 0.163. The third-order valence-electron chi connectivity index (χ3n) is 2.63. The van der Waals surface area contributed by atoms with Gasteiger partial charge in [-0.3, -0.25) is 0 Å². The fourth-order valence-corrected chi connectivity index (χ4v) is 2.71. The van der Waals surface area contributed by atoms with Crippen LogP contribution in [0, 0.1) is 5.82 Å². The number of rotatable bonds is 7. The van der Waals surface area contributed by atoms with Gasteiger partial charge >= 0.3 is 0 Å². The smallest absolute Gasteiger partial charge is 0.128 e. The van der Waals surface area contributed by atoms with Gasteiger partial charge in [0, 0.05) is 34.9 Å². The lowest BCUT2D eigenvalue weighted by Gasteiger charge is -2.16. The SMILES string of the molecule is CC(C)NCc1c(F)cccc1SC(C)CCO. The summed E-state index contributed by atoms with van der Waals surface area (Å²) in [5.74, 6) is -0.163. The first-order valence-electron chi connectivity index (χ1n) is 6.33. The minimum Gasteiger partial charge on any atom is -0.396 e. The Hall–Kier alpha value is -0.580. The summed E-state index contributed by atoms with van der Waals surface area (Å²) in [6.07, 6.45) is 0.720. The molecule has 4 heteroatoms. The number of thioether (sulfide) groups is 1. The van der Waals surface area contributed by atoms with Gasteiger partial charge in [0.15, 0.2) is 0 Å². The molecule has 1 rings (SSSR count). The molecular formula is C14H22FNOS. The Bertz CT molecular complexity index is 371. The van der Waals surface area contributed by atoms with E-state index in [1.807, 2.05) is 26.8 Å². The molecule has 0 aromatic heterocycles. The maximum Gasteiger partial charge on any atom is 0.128 e. The Morgan fingerprint density at radius 3 is 2.67 bits per heavy atom. The van der Waals surface area contributed by atoms with Gasteiger partial charge in [0.25, 0.3) is 0 Å². The molecule has 0 saturated heterocycles. The number of hydrogen-bond donors (Lipinski definition) is 2. The highest BCUT2D eigenvalue weighted by Gasteiger charge is 2.12. The lowest BCUT2D eigenvalue weighted by Crippen LogP contribution is -2.23. The number of benzene rings is 1. The minimum atomic E-state index is -0.163. The van der Waals surface area contributed by atoms with E-state index in [4.69, 9.17) is 5.11 Å². The van der Waals surface area contributed by atoms with Gasteiger partial charge in [-0.25, -0.2) is 4.39 Å². The van der Waals surface area contributed by atoms with E-state index in [-0.39, 0.29) is 17.7 Å². The van der Waals surface area contributed by atoms with Gasteiger partial charge in [-0.1, -0.05) is 26.8 Å². The summed E-state index contributed by atoms with van der Waals surface area (Å²) in [5.41, 5.74) is 0.723. The molecule has 0 radical (unpaired) electrons. The number of aliphatic hydroxyl groups excluding tert-OH is 1. The largest absolute Gasteiger partial charge is 0.396 e. The van der Waals surface area contributed by atoms with Crippen molar-refractivity contribution in [2.75, 3.05) is 6.61 Å². The number of aliphatic hydroxyl groups is 1. The van der Waals surface area contributed by atoms with Gasteiger partial charge in [-0.05, 0) is 18.6 Å². The normalized spacial score (nSPS) is 13.0. The number of nitrogens with one attached hydrogen (secondary N) is 1. The molecule has 0 heterocycles. The summed E-state index contributed by atoms with van der Waals surface area (Å²) in [4.78, 5) is 0.962. The van der Waals surface area contributed by atoms with Crippen molar-refractivity contribution >= 4 is 11.8 Å². The summed E-state index contributed by atoms with van der Waals surface area (Å²) in [6.45, 7) is 6.84. The van der Waals surface area contributed by atoms with Crippen LogP contribution in [0.25, 0.3) is 0 Å². The summed E-state index contributed by atoms with van der Waals surface area (Å²) < 4.78 is 13.8. The van der Waals surface area contributed by atoms with Crippen LogP contribution in [0.5, 0.6) is 0 Å². The Morgan fingerprint density at radius 2 is 2.06 bits per heavy atom. The van der Waals surface area contributed by atoms with Crippen molar-refractivity contribution in [3.63, 3.8) is 0 Å². The third kappa shape index (κ3) is 4.96. The van der Waals surface area contributed by atoms with Crippen LogP contribution < -0.4 is 5.32 Å². The van der Waals surface area contributed by atoms with Crippen molar-refractivity contribution in [3.05, 3.63) is 29.6 Å².